The molecule has 3 heteroatoms. The quantitative estimate of drug-likeness (QED) is 0.842. The van der Waals surface area contributed by atoms with E-state index in [0.717, 1.165) is 6.42 Å². The Morgan fingerprint density at radius 1 is 1.28 bits per heavy atom. The van der Waals surface area contributed by atoms with Crippen LogP contribution >= 0.6 is 0 Å². The Kier molecular flexibility index (Phi) is 5.35. The highest BCUT2D eigenvalue weighted by Gasteiger charge is 2.18. The lowest BCUT2D eigenvalue weighted by atomic mass is 10.0. The van der Waals surface area contributed by atoms with E-state index < -0.39 is 5.97 Å². The Morgan fingerprint density at radius 3 is 2.28 bits per heavy atom. The van der Waals surface area contributed by atoms with Crippen molar-refractivity contribution in [2.75, 3.05) is 13.6 Å². The second-order valence-corrected chi connectivity index (χ2v) is 4.95. The van der Waals surface area contributed by atoms with Crippen molar-refractivity contribution < 1.29 is 9.90 Å². The lowest BCUT2D eigenvalue weighted by molar-refractivity contribution is -0.141. The summed E-state index contributed by atoms with van der Waals surface area (Å²) >= 11 is 0. The molecular weight excluding hydrogens is 226 g/mol. The van der Waals surface area contributed by atoms with Crippen molar-refractivity contribution >= 4 is 5.97 Å². The molecule has 0 radical (unpaired) electrons. The van der Waals surface area contributed by atoms with Crippen LogP contribution in [-0.4, -0.2) is 29.6 Å². The Labute approximate surface area is 109 Å². The molecule has 1 rings (SSSR count). The molecule has 0 aliphatic carbocycles. The van der Waals surface area contributed by atoms with Gasteiger partial charge in [0.25, 0.3) is 0 Å². The first kappa shape index (κ1) is 14.7. The third-order valence-corrected chi connectivity index (χ3v) is 3.51. The molecular formula is C15H23NO2. The summed E-state index contributed by atoms with van der Waals surface area (Å²) in [6.45, 7) is 6.55. The number of hydrogen-bond acceptors (Lipinski definition) is 2. The standard InChI is InChI=1S/C15H23NO2/c1-5-13-6-8-14(9-7-13)12(3)16(4)10-11(2)15(17)18/h6-9,11-12H,5,10H2,1-4H3,(H,17,18). The molecule has 0 heterocycles. The molecule has 1 aromatic rings. The molecule has 0 aromatic heterocycles. The van der Waals surface area contributed by atoms with Gasteiger partial charge >= 0.3 is 5.97 Å². The van der Waals surface area contributed by atoms with Crippen molar-refractivity contribution in [3.8, 4) is 0 Å². The summed E-state index contributed by atoms with van der Waals surface area (Å²) in [6.07, 6.45) is 1.04. The zero-order valence-corrected chi connectivity index (χ0v) is 11.7. The Balaban J connectivity index is 2.67. The molecule has 0 amide bonds. The van der Waals surface area contributed by atoms with Gasteiger partial charge < -0.3 is 5.11 Å². The molecule has 2 atom stereocenters. The van der Waals surface area contributed by atoms with Crippen molar-refractivity contribution in [1.29, 1.82) is 0 Å². The van der Waals surface area contributed by atoms with E-state index in [-0.39, 0.29) is 12.0 Å². The van der Waals surface area contributed by atoms with E-state index >= 15 is 0 Å². The first-order chi connectivity index (χ1) is 8.45. The minimum absolute atomic E-state index is 0.234. The first-order valence-corrected chi connectivity index (χ1v) is 6.47. The summed E-state index contributed by atoms with van der Waals surface area (Å²) < 4.78 is 0. The molecule has 0 fully saturated rings. The maximum atomic E-state index is 10.9. The Hall–Kier alpha value is -1.35. The first-order valence-electron chi connectivity index (χ1n) is 6.47. The number of carboxylic acids is 1. The van der Waals surface area contributed by atoms with Crippen LogP contribution in [0.3, 0.4) is 0 Å². The molecule has 1 N–H and O–H groups in total. The van der Waals surface area contributed by atoms with Gasteiger partial charge in [-0.2, -0.15) is 0 Å². The fraction of sp³-hybridized carbons (Fsp3) is 0.533. The third kappa shape index (κ3) is 3.84. The van der Waals surface area contributed by atoms with Crippen LogP contribution in [0.4, 0.5) is 0 Å². The summed E-state index contributed by atoms with van der Waals surface area (Å²) in [5, 5.41) is 8.92. The molecule has 0 aliphatic rings. The van der Waals surface area contributed by atoms with Crippen LogP contribution in [0, 0.1) is 5.92 Å². The van der Waals surface area contributed by atoms with Gasteiger partial charge in [-0.05, 0) is 31.5 Å². The molecule has 3 nitrogen and oxygen atoms in total. The molecule has 1 aromatic carbocycles. The van der Waals surface area contributed by atoms with E-state index in [1.165, 1.54) is 11.1 Å². The van der Waals surface area contributed by atoms with E-state index in [1.807, 2.05) is 7.05 Å². The fourth-order valence-corrected chi connectivity index (χ4v) is 1.95. The van der Waals surface area contributed by atoms with E-state index in [0.29, 0.717) is 6.54 Å². The van der Waals surface area contributed by atoms with Gasteiger partial charge in [0, 0.05) is 12.6 Å². The number of carbonyl (C=O) groups is 1. The molecule has 0 saturated carbocycles. The lowest BCUT2D eigenvalue weighted by Gasteiger charge is -2.26. The Morgan fingerprint density at radius 2 is 1.83 bits per heavy atom. The van der Waals surface area contributed by atoms with Gasteiger partial charge in [-0.25, -0.2) is 0 Å². The summed E-state index contributed by atoms with van der Waals surface area (Å²) in [5.74, 6) is -1.08. The summed E-state index contributed by atoms with van der Waals surface area (Å²) in [6, 6.07) is 8.77. The third-order valence-electron chi connectivity index (χ3n) is 3.51. The van der Waals surface area contributed by atoms with Gasteiger partial charge in [-0.3, -0.25) is 9.69 Å². The van der Waals surface area contributed by atoms with E-state index in [9.17, 15) is 4.79 Å². The maximum Gasteiger partial charge on any atom is 0.307 e. The number of rotatable bonds is 6. The number of benzene rings is 1. The minimum Gasteiger partial charge on any atom is -0.481 e. The summed E-state index contributed by atoms with van der Waals surface area (Å²) in [7, 11) is 1.97. The molecule has 0 saturated heterocycles. The van der Waals surface area contributed by atoms with Crippen LogP contribution in [0.2, 0.25) is 0 Å². The van der Waals surface area contributed by atoms with Gasteiger partial charge in [0.2, 0.25) is 0 Å². The molecule has 0 aliphatic heterocycles. The zero-order chi connectivity index (χ0) is 13.7. The highest BCUT2D eigenvalue weighted by molar-refractivity contribution is 5.69. The fourth-order valence-electron chi connectivity index (χ4n) is 1.95. The molecule has 2 unspecified atom stereocenters. The number of aryl methyl sites for hydroxylation is 1. The highest BCUT2D eigenvalue weighted by atomic mass is 16.4. The highest BCUT2D eigenvalue weighted by Crippen LogP contribution is 2.20. The smallest absolute Gasteiger partial charge is 0.307 e. The predicted octanol–water partition coefficient (Wildman–Crippen LogP) is 2.96. The molecule has 0 spiro atoms. The molecule has 0 bridgehead atoms. The normalized spacial score (nSPS) is 14.5. The molecule has 100 valence electrons. The van der Waals surface area contributed by atoms with Crippen LogP contribution < -0.4 is 0 Å². The van der Waals surface area contributed by atoms with Crippen LogP contribution in [0.1, 0.15) is 37.9 Å². The number of aliphatic carboxylic acids is 1. The van der Waals surface area contributed by atoms with E-state index in [1.54, 1.807) is 6.92 Å². The SMILES string of the molecule is CCc1ccc(C(C)N(C)CC(C)C(=O)O)cc1. The summed E-state index contributed by atoms with van der Waals surface area (Å²) in [4.78, 5) is 12.9. The average Bonchev–Trinajstić information content (AvgIpc) is 2.37. The number of nitrogens with zero attached hydrogens (tertiary/aromatic N) is 1. The predicted molar refractivity (Wildman–Crippen MR) is 73.7 cm³/mol. The minimum atomic E-state index is -0.740. The average molecular weight is 249 g/mol. The van der Waals surface area contributed by atoms with Gasteiger partial charge in [0.1, 0.15) is 0 Å². The zero-order valence-electron chi connectivity index (χ0n) is 11.7. The van der Waals surface area contributed by atoms with Gasteiger partial charge in [0.15, 0.2) is 0 Å². The van der Waals surface area contributed by atoms with Crippen LogP contribution in [0.15, 0.2) is 24.3 Å². The van der Waals surface area contributed by atoms with Crippen molar-refractivity contribution in [1.82, 2.24) is 4.90 Å². The molecule has 18 heavy (non-hydrogen) atoms. The van der Waals surface area contributed by atoms with Crippen molar-refractivity contribution in [3.63, 3.8) is 0 Å². The summed E-state index contributed by atoms with van der Waals surface area (Å²) in [5.41, 5.74) is 2.56. The van der Waals surface area contributed by atoms with Crippen molar-refractivity contribution in [3.05, 3.63) is 35.4 Å². The van der Waals surface area contributed by atoms with Crippen LogP contribution in [-0.2, 0) is 11.2 Å². The lowest BCUT2D eigenvalue weighted by Crippen LogP contribution is -2.30. The van der Waals surface area contributed by atoms with Crippen molar-refractivity contribution in [2.24, 2.45) is 5.92 Å². The van der Waals surface area contributed by atoms with Crippen molar-refractivity contribution in [2.45, 2.75) is 33.2 Å². The monoisotopic (exact) mass is 249 g/mol. The number of hydrogen-bond donors (Lipinski definition) is 1. The number of carboxylic acid groups (broad SMARTS) is 1. The van der Waals surface area contributed by atoms with E-state index in [4.69, 9.17) is 5.11 Å². The maximum absolute atomic E-state index is 10.9. The van der Waals surface area contributed by atoms with E-state index in [2.05, 4.69) is 43.0 Å². The van der Waals surface area contributed by atoms with Gasteiger partial charge in [-0.15, -0.1) is 0 Å². The topological polar surface area (TPSA) is 40.5 Å². The largest absolute Gasteiger partial charge is 0.481 e. The Bertz CT molecular complexity index is 386. The van der Waals surface area contributed by atoms with Gasteiger partial charge in [-0.1, -0.05) is 38.1 Å². The second kappa shape index (κ2) is 6.55. The van der Waals surface area contributed by atoms with Crippen LogP contribution in [0.5, 0.6) is 0 Å². The van der Waals surface area contributed by atoms with Crippen LogP contribution in [0.25, 0.3) is 0 Å². The second-order valence-electron chi connectivity index (χ2n) is 4.95. The van der Waals surface area contributed by atoms with Gasteiger partial charge in [0.05, 0.1) is 5.92 Å².